The molecule has 3 heterocycles. The lowest BCUT2D eigenvalue weighted by molar-refractivity contribution is -0.121. The molecule has 1 amide bonds. The predicted octanol–water partition coefficient (Wildman–Crippen LogP) is 4.40. The summed E-state index contributed by atoms with van der Waals surface area (Å²) in [4.78, 5) is 25.5. The molecule has 2 aromatic heterocycles. The first-order valence-corrected chi connectivity index (χ1v) is 12.5. The minimum absolute atomic E-state index is 0.102. The Balaban J connectivity index is 1.57. The molecule has 2 aromatic rings. The minimum atomic E-state index is 0.102. The quantitative estimate of drug-likeness (QED) is 0.495. The van der Waals surface area contributed by atoms with Crippen LogP contribution < -0.4 is 5.32 Å². The normalized spacial score (nSPS) is 16.7. The van der Waals surface area contributed by atoms with Gasteiger partial charge in [0.1, 0.15) is 0 Å². The molecule has 158 valence electrons. The van der Waals surface area contributed by atoms with Crippen molar-refractivity contribution >= 4 is 29.0 Å². The number of rotatable bonds is 8. The van der Waals surface area contributed by atoms with E-state index in [9.17, 15) is 4.79 Å². The standard InChI is InChI=1S/C22H32N4OS2/c1-15-9-11-26(12-10-15)19(20-6-5-13-29-20)14-23-21(27)8-7-18-16(2)24-22(28-4)25-17(18)3/h5-6,13,15,19H,7-12,14H2,1-4H3,(H,23,27). The number of aryl methyl sites for hydroxylation is 2. The number of thioether (sulfide) groups is 1. The molecule has 1 aliphatic heterocycles. The Morgan fingerprint density at radius 2 is 2.00 bits per heavy atom. The molecule has 1 aliphatic rings. The van der Waals surface area contributed by atoms with E-state index in [2.05, 4.69) is 44.6 Å². The van der Waals surface area contributed by atoms with Crippen molar-refractivity contribution in [1.29, 1.82) is 0 Å². The molecule has 1 atom stereocenters. The van der Waals surface area contributed by atoms with E-state index in [1.54, 1.807) is 23.1 Å². The van der Waals surface area contributed by atoms with Crippen LogP contribution in [0.1, 0.15) is 54.1 Å². The zero-order chi connectivity index (χ0) is 20.8. The molecule has 0 bridgehead atoms. The van der Waals surface area contributed by atoms with Gasteiger partial charge in [-0.1, -0.05) is 24.8 Å². The molecule has 1 unspecified atom stereocenters. The number of likely N-dealkylation sites (tertiary alicyclic amines) is 1. The molecule has 1 N–H and O–H groups in total. The number of piperidine rings is 1. The predicted molar refractivity (Wildman–Crippen MR) is 122 cm³/mol. The molecule has 0 aliphatic carbocycles. The van der Waals surface area contributed by atoms with Crippen LogP contribution in [0.3, 0.4) is 0 Å². The van der Waals surface area contributed by atoms with Crippen LogP contribution in [0.4, 0.5) is 0 Å². The van der Waals surface area contributed by atoms with E-state index >= 15 is 0 Å². The van der Waals surface area contributed by atoms with Crippen molar-refractivity contribution in [2.24, 2.45) is 5.92 Å². The largest absolute Gasteiger partial charge is 0.354 e. The van der Waals surface area contributed by atoms with Crippen LogP contribution in [0.15, 0.2) is 22.7 Å². The van der Waals surface area contributed by atoms with Gasteiger partial charge < -0.3 is 5.32 Å². The second-order valence-corrected chi connectivity index (χ2v) is 9.67. The summed E-state index contributed by atoms with van der Waals surface area (Å²) < 4.78 is 0. The molecule has 29 heavy (non-hydrogen) atoms. The highest BCUT2D eigenvalue weighted by molar-refractivity contribution is 7.98. The summed E-state index contributed by atoms with van der Waals surface area (Å²) in [5, 5.41) is 6.11. The summed E-state index contributed by atoms with van der Waals surface area (Å²) in [5.41, 5.74) is 3.06. The maximum atomic E-state index is 12.6. The average molecular weight is 433 g/mol. The van der Waals surface area contributed by atoms with Gasteiger partial charge in [0.25, 0.3) is 0 Å². The average Bonchev–Trinajstić information content (AvgIpc) is 3.23. The summed E-state index contributed by atoms with van der Waals surface area (Å²) in [5.74, 6) is 0.903. The summed E-state index contributed by atoms with van der Waals surface area (Å²) >= 11 is 3.33. The van der Waals surface area contributed by atoms with Gasteiger partial charge in [-0.05, 0) is 75.4 Å². The first-order valence-electron chi connectivity index (χ1n) is 10.4. The van der Waals surface area contributed by atoms with E-state index in [-0.39, 0.29) is 11.9 Å². The third-order valence-corrected chi connectivity index (χ3v) is 7.33. The van der Waals surface area contributed by atoms with E-state index in [0.29, 0.717) is 19.4 Å². The maximum Gasteiger partial charge on any atom is 0.220 e. The summed E-state index contributed by atoms with van der Waals surface area (Å²) in [6, 6.07) is 4.57. The van der Waals surface area contributed by atoms with Gasteiger partial charge in [0.05, 0.1) is 6.04 Å². The molecule has 7 heteroatoms. The fraction of sp³-hybridized carbons (Fsp3) is 0.591. The van der Waals surface area contributed by atoms with Crippen LogP contribution in [-0.2, 0) is 11.2 Å². The van der Waals surface area contributed by atoms with Gasteiger partial charge in [-0.25, -0.2) is 9.97 Å². The number of thiophene rings is 1. The highest BCUT2D eigenvalue weighted by atomic mass is 32.2. The summed E-state index contributed by atoms with van der Waals surface area (Å²) in [6.45, 7) is 9.23. The number of nitrogens with one attached hydrogen (secondary N) is 1. The Morgan fingerprint density at radius 3 is 2.59 bits per heavy atom. The number of hydrogen-bond acceptors (Lipinski definition) is 6. The molecule has 5 nitrogen and oxygen atoms in total. The van der Waals surface area contributed by atoms with E-state index in [1.165, 1.54) is 17.7 Å². The van der Waals surface area contributed by atoms with Gasteiger partial charge in [0.15, 0.2) is 5.16 Å². The second kappa shape index (κ2) is 10.5. The van der Waals surface area contributed by atoms with Crippen LogP contribution in [-0.4, -0.2) is 46.7 Å². The molecular weight excluding hydrogens is 400 g/mol. The van der Waals surface area contributed by atoms with Crippen LogP contribution >= 0.6 is 23.1 Å². The monoisotopic (exact) mass is 432 g/mol. The molecule has 1 fully saturated rings. The van der Waals surface area contributed by atoms with Crippen molar-refractivity contribution < 1.29 is 4.79 Å². The first-order chi connectivity index (χ1) is 14.0. The van der Waals surface area contributed by atoms with Crippen molar-refractivity contribution in [3.8, 4) is 0 Å². The van der Waals surface area contributed by atoms with Crippen LogP contribution in [0.2, 0.25) is 0 Å². The van der Waals surface area contributed by atoms with Crippen molar-refractivity contribution in [1.82, 2.24) is 20.2 Å². The number of carbonyl (C=O) groups excluding carboxylic acids is 1. The number of carbonyl (C=O) groups is 1. The van der Waals surface area contributed by atoms with Crippen molar-refractivity contribution in [3.63, 3.8) is 0 Å². The van der Waals surface area contributed by atoms with Crippen molar-refractivity contribution in [2.75, 3.05) is 25.9 Å². The Kier molecular flexibility index (Phi) is 8.09. The number of amides is 1. The highest BCUT2D eigenvalue weighted by Gasteiger charge is 2.25. The Morgan fingerprint density at radius 1 is 1.31 bits per heavy atom. The van der Waals surface area contributed by atoms with Crippen molar-refractivity contribution in [2.45, 2.75) is 57.7 Å². The third-order valence-electron chi connectivity index (χ3n) is 5.81. The van der Waals surface area contributed by atoms with Crippen LogP contribution in [0.5, 0.6) is 0 Å². The molecule has 0 saturated carbocycles. The van der Waals surface area contributed by atoms with E-state index < -0.39 is 0 Å². The van der Waals surface area contributed by atoms with E-state index in [0.717, 1.165) is 41.1 Å². The summed E-state index contributed by atoms with van der Waals surface area (Å²) in [7, 11) is 0. The Labute approximate surface area is 182 Å². The SMILES string of the molecule is CSc1nc(C)c(CCC(=O)NCC(c2cccs2)N2CCC(C)CC2)c(C)n1. The second-order valence-electron chi connectivity index (χ2n) is 7.91. The highest BCUT2D eigenvalue weighted by Crippen LogP contribution is 2.29. The van der Waals surface area contributed by atoms with Gasteiger partial charge in [-0.15, -0.1) is 11.3 Å². The fourth-order valence-electron chi connectivity index (χ4n) is 3.93. The lowest BCUT2D eigenvalue weighted by Gasteiger charge is -2.36. The van der Waals surface area contributed by atoms with Gasteiger partial charge >= 0.3 is 0 Å². The fourth-order valence-corrected chi connectivity index (χ4v) is 5.25. The first kappa shape index (κ1) is 22.2. The lowest BCUT2D eigenvalue weighted by Crippen LogP contribution is -2.41. The summed E-state index contributed by atoms with van der Waals surface area (Å²) in [6.07, 6.45) is 5.61. The lowest BCUT2D eigenvalue weighted by atomic mass is 9.97. The molecular formula is C22H32N4OS2. The van der Waals surface area contributed by atoms with Gasteiger partial charge in [0.2, 0.25) is 5.91 Å². The van der Waals surface area contributed by atoms with E-state index in [1.807, 2.05) is 20.1 Å². The zero-order valence-corrected chi connectivity index (χ0v) is 19.5. The third kappa shape index (κ3) is 6.03. The van der Waals surface area contributed by atoms with Gasteiger partial charge in [0, 0.05) is 29.2 Å². The molecule has 0 aromatic carbocycles. The molecule has 3 rings (SSSR count). The topological polar surface area (TPSA) is 58.1 Å². The smallest absolute Gasteiger partial charge is 0.220 e. The van der Waals surface area contributed by atoms with E-state index in [4.69, 9.17) is 0 Å². The number of nitrogens with zero attached hydrogens (tertiary/aromatic N) is 3. The van der Waals surface area contributed by atoms with Crippen LogP contribution in [0.25, 0.3) is 0 Å². The number of aromatic nitrogens is 2. The van der Waals surface area contributed by atoms with Crippen LogP contribution in [0, 0.1) is 19.8 Å². The Bertz CT molecular complexity index is 778. The minimum Gasteiger partial charge on any atom is -0.354 e. The molecule has 0 spiro atoms. The number of hydrogen-bond donors (Lipinski definition) is 1. The van der Waals surface area contributed by atoms with Crippen molar-refractivity contribution in [3.05, 3.63) is 39.3 Å². The van der Waals surface area contributed by atoms with Gasteiger partial charge in [-0.2, -0.15) is 0 Å². The van der Waals surface area contributed by atoms with Gasteiger partial charge in [-0.3, -0.25) is 9.69 Å². The molecule has 0 radical (unpaired) electrons. The molecule has 1 saturated heterocycles. The maximum absolute atomic E-state index is 12.6. The zero-order valence-electron chi connectivity index (χ0n) is 17.9. The Hall–Kier alpha value is -1.44.